The average molecular weight is 202 g/mol. The Morgan fingerprint density at radius 2 is 2.08 bits per heavy atom. The van der Waals surface area contributed by atoms with E-state index in [0.717, 1.165) is 0 Å². The third-order valence-corrected chi connectivity index (χ3v) is 2.07. The van der Waals surface area contributed by atoms with E-state index in [1.54, 1.807) is 0 Å². The van der Waals surface area contributed by atoms with Crippen LogP contribution < -0.4 is 0 Å². The van der Waals surface area contributed by atoms with Crippen LogP contribution in [0.5, 0.6) is 0 Å². The standard InChI is InChI=1S/C8H5Cl2NO/c9-7-1-5(3-11)8(10)6(2-7)4-12/h1-2,12H,4H2. The van der Waals surface area contributed by atoms with Gasteiger partial charge in [-0.25, -0.2) is 0 Å². The van der Waals surface area contributed by atoms with Gasteiger partial charge in [0.2, 0.25) is 0 Å². The van der Waals surface area contributed by atoms with E-state index in [1.165, 1.54) is 12.1 Å². The fourth-order valence-electron chi connectivity index (χ4n) is 0.842. The zero-order valence-corrected chi connectivity index (χ0v) is 7.52. The van der Waals surface area contributed by atoms with Crippen molar-refractivity contribution >= 4 is 23.2 Å². The number of aliphatic hydroxyl groups excluding tert-OH is 1. The summed E-state index contributed by atoms with van der Waals surface area (Å²) in [6.07, 6.45) is 0. The maximum absolute atomic E-state index is 8.81. The number of hydrogen-bond acceptors (Lipinski definition) is 2. The van der Waals surface area contributed by atoms with Crippen molar-refractivity contribution < 1.29 is 5.11 Å². The van der Waals surface area contributed by atoms with Crippen LogP contribution in [0.3, 0.4) is 0 Å². The van der Waals surface area contributed by atoms with E-state index in [4.69, 9.17) is 33.6 Å². The van der Waals surface area contributed by atoms with Crippen LogP contribution in [-0.4, -0.2) is 5.11 Å². The Balaban J connectivity index is 3.34. The second-order valence-electron chi connectivity index (χ2n) is 2.20. The summed E-state index contributed by atoms with van der Waals surface area (Å²) in [5, 5.41) is 18.1. The molecule has 0 saturated carbocycles. The molecule has 1 rings (SSSR count). The summed E-state index contributed by atoms with van der Waals surface area (Å²) >= 11 is 11.4. The first-order valence-corrected chi connectivity index (χ1v) is 3.93. The van der Waals surface area contributed by atoms with Gasteiger partial charge < -0.3 is 5.11 Å². The van der Waals surface area contributed by atoms with Crippen LogP contribution in [0.15, 0.2) is 12.1 Å². The first-order chi connectivity index (χ1) is 5.69. The first kappa shape index (κ1) is 9.34. The van der Waals surface area contributed by atoms with Crippen molar-refractivity contribution in [2.45, 2.75) is 6.61 Å². The molecule has 0 amide bonds. The Hall–Kier alpha value is -0.750. The molecule has 0 saturated heterocycles. The molecule has 2 nitrogen and oxygen atoms in total. The minimum atomic E-state index is -0.214. The number of halogens is 2. The molecule has 1 aromatic rings. The summed E-state index contributed by atoms with van der Waals surface area (Å²) in [6, 6.07) is 4.88. The highest BCUT2D eigenvalue weighted by Crippen LogP contribution is 2.25. The summed E-state index contributed by atoms with van der Waals surface area (Å²) < 4.78 is 0. The molecular weight excluding hydrogens is 197 g/mol. The summed E-state index contributed by atoms with van der Waals surface area (Å²) in [4.78, 5) is 0. The summed E-state index contributed by atoms with van der Waals surface area (Å²) in [7, 11) is 0. The van der Waals surface area contributed by atoms with Gasteiger partial charge in [0.05, 0.1) is 17.2 Å². The van der Waals surface area contributed by atoms with Gasteiger partial charge in [-0.05, 0) is 17.7 Å². The van der Waals surface area contributed by atoms with E-state index in [2.05, 4.69) is 0 Å². The molecule has 1 N–H and O–H groups in total. The molecule has 0 aliphatic heterocycles. The quantitative estimate of drug-likeness (QED) is 0.759. The van der Waals surface area contributed by atoms with Crippen molar-refractivity contribution in [3.8, 4) is 6.07 Å². The van der Waals surface area contributed by atoms with Crippen molar-refractivity contribution in [2.75, 3.05) is 0 Å². The second kappa shape index (κ2) is 3.77. The van der Waals surface area contributed by atoms with Crippen LogP contribution in [-0.2, 0) is 6.61 Å². The number of nitrogens with zero attached hydrogens (tertiary/aromatic N) is 1. The zero-order valence-electron chi connectivity index (χ0n) is 6.01. The third-order valence-electron chi connectivity index (χ3n) is 1.40. The van der Waals surface area contributed by atoms with E-state index in [9.17, 15) is 0 Å². The Morgan fingerprint density at radius 1 is 1.42 bits per heavy atom. The molecule has 0 atom stereocenters. The highest BCUT2D eigenvalue weighted by Gasteiger charge is 2.06. The smallest absolute Gasteiger partial charge is 0.101 e. The predicted octanol–water partition coefficient (Wildman–Crippen LogP) is 2.36. The highest BCUT2D eigenvalue weighted by atomic mass is 35.5. The number of rotatable bonds is 1. The Labute approximate surface area is 80.0 Å². The molecule has 12 heavy (non-hydrogen) atoms. The maximum atomic E-state index is 8.81. The van der Waals surface area contributed by atoms with Gasteiger partial charge in [-0.15, -0.1) is 0 Å². The largest absolute Gasteiger partial charge is 0.392 e. The fraction of sp³-hybridized carbons (Fsp3) is 0.125. The lowest BCUT2D eigenvalue weighted by Crippen LogP contribution is -1.88. The van der Waals surface area contributed by atoms with E-state index in [0.29, 0.717) is 10.6 Å². The molecule has 62 valence electrons. The molecule has 0 aliphatic rings. The lowest BCUT2D eigenvalue weighted by molar-refractivity contribution is 0.282. The van der Waals surface area contributed by atoms with Crippen LogP contribution >= 0.6 is 23.2 Å². The first-order valence-electron chi connectivity index (χ1n) is 3.18. The second-order valence-corrected chi connectivity index (χ2v) is 3.01. The fourth-order valence-corrected chi connectivity index (χ4v) is 1.29. The van der Waals surface area contributed by atoms with Gasteiger partial charge in [0, 0.05) is 5.02 Å². The van der Waals surface area contributed by atoms with Gasteiger partial charge in [-0.1, -0.05) is 23.2 Å². The molecule has 0 spiro atoms. The lowest BCUT2D eigenvalue weighted by Gasteiger charge is -2.02. The van der Waals surface area contributed by atoms with Gasteiger partial charge in [-0.2, -0.15) is 5.26 Å². The molecule has 1 aromatic carbocycles. The lowest BCUT2D eigenvalue weighted by atomic mass is 10.1. The van der Waals surface area contributed by atoms with Gasteiger partial charge in [-0.3, -0.25) is 0 Å². The Morgan fingerprint density at radius 3 is 2.58 bits per heavy atom. The number of nitriles is 1. The van der Waals surface area contributed by atoms with Crippen LogP contribution in [0.25, 0.3) is 0 Å². The van der Waals surface area contributed by atoms with Crippen LogP contribution in [0, 0.1) is 11.3 Å². The van der Waals surface area contributed by atoms with E-state index < -0.39 is 0 Å². The van der Waals surface area contributed by atoms with Crippen molar-refractivity contribution in [2.24, 2.45) is 0 Å². The molecule has 0 radical (unpaired) electrons. The zero-order chi connectivity index (χ0) is 9.14. The number of aliphatic hydroxyl groups is 1. The predicted molar refractivity (Wildman–Crippen MR) is 47.1 cm³/mol. The average Bonchev–Trinajstić information content (AvgIpc) is 2.08. The monoisotopic (exact) mass is 201 g/mol. The molecule has 0 aromatic heterocycles. The van der Waals surface area contributed by atoms with Gasteiger partial charge in [0.15, 0.2) is 0 Å². The van der Waals surface area contributed by atoms with Crippen molar-refractivity contribution in [3.05, 3.63) is 33.3 Å². The van der Waals surface area contributed by atoms with Crippen molar-refractivity contribution in [3.63, 3.8) is 0 Å². The van der Waals surface area contributed by atoms with Gasteiger partial charge >= 0.3 is 0 Å². The summed E-state index contributed by atoms with van der Waals surface area (Å²) in [5.41, 5.74) is 0.758. The Kier molecular flexibility index (Phi) is 2.93. The van der Waals surface area contributed by atoms with Gasteiger partial charge in [0.1, 0.15) is 6.07 Å². The molecule has 0 aliphatic carbocycles. The number of benzene rings is 1. The summed E-state index contributed by atoms with van der Waals surface area (Å²) in [6.45, 7) is -0.214. The molecule has 0 unspecified atom stereocenters. The van der Waals surface area contributed by atoms with E-state index in [-0.39, 0.29) is 17.2 Å². The minimum Gasteiger partial charge on any atom is -0.392 e. The normalized spacial score (nSPS) is 9.50. The molecule has 0 fully saturated rings. The van der Waals surface area contributed by atoms with E-state index in [1.807, 2.05) is 6.07 Å². The van der Waals surface area contributed by atoms with Crippen LogP contribution in [0.1, 0.15) is 11.1 Å². The summed E-state index contributed by atoms with van der Waals surface area (Å²) in [5.74, 6) is 0. The molecule has 0 heterocycles. The maximum Gasteiger partial charge on any atom is 0.101 e. The molecule has 4 heteroatoms. The van der Waals surface area contributed by atoms with Gasteiger partial charge in [0.25, 0.3) is 0 Å². The van der Waals surface area contributed by atoms with Crippen molar-refractivity contribution in [1.29, 1.82) is 5.26 Å². The molecule has 0 bridgehead atoms. The van der Waals surface area contributed by atoms with Crippen LogP contribution in [0.2, 0.25) is 10.0 Å². The Bertz CT molecular complexity index is 344. The SMILES string of the molecule is N#Cc1cc(Cl)cc(CO)c1Cl. The topological polar surface area (TPSA) is 44.0 Å². The third kappa shape index (κ3) is 1.70. The van der Waals surface area contributed by atoms with Crippen LogP contribution in [0.4, 0.5) is 0 Å². The molecular formula is C8H5Cl2NO. The van der Waals surface area contributed by atoms with Crippen molar-refractivity contribution in [1.82, 2.24) is 0 Å². The minimum absolute atomic E-state index is 0.214. The number of hydrogen-bond donors (Lipinski definition) is 1. The van der Waals surface area contributed by atoms with E-state index >= 15 is 0 Å². The highest BCUT2D eigenvalue weighted by molar-refractivity contribution is 6.34.